The smallest absolute Gasteiger partial charge is 0.280 e. The Balaban J connectivity index is 0.000000248. The van der Waals surface area contributed by atoms with E-state index in [4.69, 9.17) is 25.1 Å². The zero-order chi connectivity index (χ0) is 25.4. The molecule has 0 radical (unpaired) electrons. The van der Waals surface area contributed by atoms with Crippen LogP contribution in [0.2, 0.25) is 0 Å². The van der Waals surface area contributed by atoms with E-state index in [2.05, 4.69) is 10.6 Å². The number of primary sulfonamides is 1. The van der Waals surface area contributed by atoms with Crippen LogP contribution in [0.4, 0.5) is 5.69 Å². The first-order valence-corrected chi connectivity index (χ1v) is 12.2. The van der Waals surface area contributed by atoms with Crippen molar-refractivity contribution in [3.05, 3.63) is 24.3 Å². The fourth-order valence-electron chi connectivity index (χ4n) is 4.34. The van der Waals surface area contributed by atoms with E-state index < -0.39 is 70.5 Å². The normalized spacial score (nSPS) is 39.9. The van der Waals surface area contributed by atoms with Crippen molar-refractivity contribution >= 4 is 21.5 Å². The summed E-state index contributed by atoms with van der Waals surface area (Å²) in [6, 6.07) is 4.41. The topological polar surface area (TPSA) is 216 Å². The molecule has 9 atom stereocenters. The average molecular weight is 505 g/mol. The van der Waals surface area contributed by atoms with Gasteiger partial charge in [-0.3, -0.25) is 4.79 Å². The van der Waals surface area contributed by atoms with Gasteiger partial charge in [0.25, 0.3) is 5.79 Å². The fourth-order valence-corrected chi connectivity index (χ4v) is 4.86. The Bertz CT molecular complexity index is 979. The highest BCUT2D eigenvalue weighted by atomic mass is 32.2. The van der Waals surface area contributed by atoms with E-state index in [1.807, 2.05) is 0 Å². The summed E-state index contributed by atoms with van der Waals surface area (Å²) in [5, 5.41) is 42.1. The summed E-state index contributed by atoms with van der Waals surface area (Å²) in [6.07, 6.45) is -5.58. The first-order chi connectivity index (χ1) is 15.8. The molecule has 3 fully saturated rings. The molecular formula is C20H32N4O9S. The number of carbonyl (C=O) groups is 1. The molecule has 2 heterocycles. The molecule has 2 aliphatic heterocycles. The number of nitrogens with one attached hydrogen (secondary N) is 2. The van der Waals surface area contributed by atoms with Gasteiger partial charge in [-0.05, 0) is 45.3 Å². The number of hydrogen-bond donors (Lipinski definition) is 7. The lowest BCUT2D eigenvalue weighted by molar-refractivity contribution is -0.420. The van der Waals surface area contributed by atoms with E-state index in [0.29, 0.717) is 5.69 Å². The number of fused-ring (bicyclic) bond motifs is 2. The number of sulfonamides is 1. The van der Waals surface area contributed by atoms with E-state index in [0.717, 1.165) is 0 Å². The second kappa shape index (κ2) is 10.1. The Morgan fingerprint density at radius 1 is 1.03 bits per heavy atom. The maximum absolute atomic E-state index is 12.2. The molecule has 0 amide bonds. The molecule has 0 spiro atoms. The number of hydrogen-bond acceptors (Lipinski definition) is 12. The van der Waals surface area contributed by atoms with E-state index in [1.165, 1.54) is 24.3 Å². The Morgan fingerprint density at radius 2 is 1.62 bits per heavy atom. The minimum atomic E-state index is -3.58. The fraction of sp³-hybridized carbons (Fsp3) is 0.650. The van der Waals surface area contributed by atoms with Crippen LogP contribution in [0.3, 0.4) is 0 Å². The molecule has 0 aromatic heterocycles. The summed E-state index contributed by atoms with van der Waals surface area (Å²) in [5.74, 6) is -2.76. The highest BCUT2D eigenvalue weighted by Gasteiger charge is 2.63. The maximum Gasteiger partial charge on any atom is 0.280 e. The molecule has 192 valence electrons. The number of rotatable bonds is 3. The van der Waals surface area contributed by atoms with Crippen LogP contribution in [-0.2, 0) is 29.0 Å². The van der Waals surface area contributed by atoms with E-state index in [9.17, 15) is 28.5 Å². The lowest BCUT2D eigenvalue weighted by Crippen LogP contribution is -2.77. The molecule has 9 N–H and O–H groups in total. The first kappa shape index (κ1) is 26.9. The molecule has 34 heavy (non-hydrogen) atoms. The zero-order valence-corrected chi connectivity index (χ0v) is 19.8. The average Bonchev–Trinajstić information content (AvgIpc) is 2.75. The molecule has 4 rings (SSSR count). The third-order valence-electron chi connectivity index (χ3n) is 6.14. The van der Waals surface area contributed by atoms with E-state index >= 15 is 0 Å². The number of carbonyl (C=O) groups excluding carboxylic acids is 1. The summed E-state index contributed by atoms with van der Waals surface area (Å²) < 4.78 is 38.2. The largest absolute Gasteiger partial charge is 0.399 e. The highest BCUT2D eigenvalue weighted by molar-refractivity contribution is 7.89. The number of nitrogens with two attached hydrogens (primary N) is 2. The number of aliphatic hydroxyl groups excluding tert-OH is 2. The molecule has 1 aliphatic carbocycles. The monoisotopic (exact) mass is 504 g/mol. The minimum absolute atomic E-state index is 0.00220. The van der Waals surface area contributed by atoms with Crippen molar-refractivity contribution in [2.45, 2.75) is 72.9 Å². The van der Waals surface area contributed by atoms with Crippen LogP contribution in [-0.4, -0.2) is 98.3 Å². The number of nitrogen functional groups attached to an aromatic ring is 1. The number of Topliss-reactive ketones (excluding diaryl/α,β-unsaturated/α-hetero) is 1. The van der Waals surface area contributed by atoms with E-state index in [-0.39, 0.29) is 11.3 Å². The van der Waals surface area contributed by atoms with Crippen molar-refractivity contribution in [2.75, 3.05) is 19.8 Å². The Kier molecular flexibility index (Phi) is 7.99. The van der Waals surface area contributed by atoms with Gasteiger partial charge in [-0.15, -0.1) is 0 Å². The van der Waals surface area contributed by atoms with Crippen molar-refractivity contribution in [2.24, 2.45) is 5.14 Å². The molecular weight excluding hydrogens is 472 g/mol. The number of anilines is 1. The number of benzene rings is 1. The molecule has 13 nitrogen and oxygen atoms in total. The lowest BCUT2D eigenvalue weighted by atomic mass is 9.80. The van der Waals surface area contributed by atoms with Gasteiger partial charge in [0.15, 0.2) is 5.78 Å². The van der Waals surface area contributed by atoms with Gasteiger partial charge in [-0.2, -0.15) is 0 Å². The van der Waals surface area contributed by atoms with Gasteiger partial charge in [0.05, 0.1) is 29.2 Å². The second-order valence-corrected chi connectivity index (χ2v) is 10.1. The predicted octanol–water partition coefficient (Wildman–Crippen LogP) is -3.01. The SMILES string of the molecule is CN[C@@H]1[C@H](O)[C@H](NC)[C@H]2O[C@@]3(O)C(=O)C[C@@H](C)O[C@H]3O[C@@H]2[C@H]1O.Nc1ccc(S(N)(=O)=O)cc1. The highest BCUT2D eigenvalue weighted by Crippen LogP contribution is 2.40. The van der Waals surface area contributed by atoms with Crippen LogP contribution in [0.5, 0.6) is 0 Å². The molecule has 2 saturated heterocycles. The molecule has 14 heteroatoms. The van der Waals surface area contributed by atoms with Gasteiger partial charge in [0.1, 0.15) is 18.3 Å². The lowest BCUT2D eigenvalue weighted by Gasteiger charge is -2.55. The van der Waals surface area contributed by atoms with Crippen molar-refractivity contribution in [3.63, 3.8) is 0 Å². The number of ketones is 1. The molecule has 1 aromatic carbocycles. The van der Waals surface area contributed by atoms with Gasteiger partial charge >= 0.3 is 0 Å². The number of ether oxygens (including phenoxy) is 3. The van der Waals surface area contributed by atoms with Gasteiger partial charge in [0.2, 0.25) is 16.3 Å². The zero-order valence-electron chi connectivity index (χ0n) is 19.0. The van der Waals surface area contributed by atoms with Crippen LogP contribution < -0.4 is 21.5 Å². The molecule has 0 unspecified atom stereocenters. The number of likely N-dealkylation sites (N-methyl/N-ethyl adjacent to an activating group) is 2. The Labute approximate surface area is 197 Å². The molecule has 0 bridgehead atoms. The molecule has 1 saturated carbocycles. The summed E-state index contributed by atoms with van der Waals surface area (Å²) in [7, 11) is -0.336. The molecule has 3 aliphatic rings. The summed E-state index contributed by atoms with van der Waals surface area (Å²) in [4.78, 5) is 12.3. The Hall–Kier alpha value is -1.72. The van der Waals surface area contributed by atoms with E-state index in [1.54, 1.807) is 21.0 Å². The first-order valence-electron chi connectivity index (χ1n) is 10.7. The van der Waals surface area contributed by atoms with Crippen LogP contribution in [0.15, 0.2) is 29.2 Å². The van der Waals surface area contributed by atoms with Gasteiger partial charge < -0.3 is 45.9 Å². The summed E-state index contributed by atoms with van der Waals surface area (Å²) >= 11 is 0. The minimum Gasteiger partial charge on any atom is -0.399 e. The standard InChI is InChI=1S/C14H24N2O7.C6H8N2O2S/c1-5-4-6(17)14(20)13(21-5)22-12-10(19)7(15-2)9(18)8(16-3)11(12)23-14;7-5-1-3-6(4-2-5)11(8,9)10/h5,7-13,15-16,18-20H,4H2,1-3H3;1-4H,7H2,(H2,8,9,10)/t5-,7-,8+,9+,10+,11-,12-,13+,14+;/m1./s1. The van der Waals surface area contributed by atoms with Crippen molar-refractivity contribution < 1.29 is 42.7 Å². The maximum atomic E-state index is 12.2. The van der Waals surface area contributed by atoms with Crippen LogP contribution in [0.1, 0.15) is 13.3 Å². The van der Waals surface area contributed by atoms with Gasteiger partial charge in [-0.25, -0.2) is 13.6 Å². The van der Waals surface area contributed by atoms with Gasteiger partial charge in [-0.1, -0.05) is 0 Å². The molecule has 1 aromatic rings. The summed E-state index contributed by atoms with van der Waals surface area (Å²) in [5.41, 5.74) is 5.85. The third kappa shape index (κ3) is 5.11. The van der Waals surface area contributed by atoms with Gasteiger partial charge in [0, 0.05) is 12.1 Å². The van der Waals surface area contributed by atoms with Crippen molar-refractivity contribution in [1.29, 1.82) is 0 Å². The van der Waals surface area contributed by atoms with Crippen molar-refractivity contribution in [1.82, 2.24) is 10.6 Å². The summed E-state index contributed by atoms with van der Waals surface area (Å²) in [6.45, 7) is 1.70. The Morgan fingerprint density at radius 3 is 2.15 bits per heavy atom. The van der Waals surface area contributed by atoms with Crippen LogP contribution in [0, 0.1) is 0 Å². The van der Waals surface area contributed by atoms with Crippen LogP contribution >= 0.6 is 0 Å². The third-order valence-corrected chi connectivity index (χ3v) is 7.07. The van der Waals surface area contributed by atoms with Crippen LogP contribution in [0.25, 0.3) is 0 Å². The quantitative estimate of drug-likeness (QED) is 0.205. The van der Waals surface area contributed by atoms with Crippen molar-refractivity contribution in [3.8, 4) is 0 Å². The predicted molar refractivity (Wildman–Crippen MR) is 119 cm³/mol. The second-order valence-electron chi connectivity index (χ2n) is 8.51. The number of aliphatic hydroxyl groups is 3.